The lowest BCUT2D eigenvalue weighted by molar-refractivity contribution is 0.0938. The standard InChI is InChI=1S/C15H13ClN6O/c1-9(19-15(23)11-4-5-12(16)18-8-11)13-20-14(22-21-13)10-3-2-6-17-7-10/h2-9H,1H3,(H,19,23)(H,20,21,22). The van der Waals surface area contributed by atoms with Crippen LogP contribution in [0.15, 0.2) is 42.9 Å². The fourth-order valence-corrected chi connectivity index (χ4v) is 2.06. The zero-order valence-corrected chi connectivity index (χ0v) is 12.9. The summed E-state index contributed by atoms with van der Waals surface area (Å²) in [6.45, 7) is 1.81. The number of nitrogens with zero attached hydrogens (tertiary/aromatic N) is 4. The molecular formula is C15H13ClN6O. The first kappa shape index (κ1) is 15.1. The summed E-state index contributed by atoms with van der Waals surface area (Å²) in [5, 5.41) is 10.1. The van der Waals surface area contributed by atoms with E-state index < -0.39 is 0 Å². The normalized spacial score (nSPS) is 11.9. The van der Waals surface area contributed by atoms with Gasteiger partial charge in [-0.25, -0.2) is 9.97 Å². The van der Waals surface area contributed by atoms with Crippen LogP contribution in [-0.2, 0) is 0 Å². The third kappa shape index (κ3) is 3.51. The molecule has 0 fully saturated rings. The maximum atomic E-state index is 12.2. The van der Waals surface area contributed by atoms with E-state index >= 15 is 0 Å². The minimum Gasteiger partial charge on any atom is -0.342 e. The number of aromatic amines is 1. The molecule has 23 heavy (non-hydrogen) atoms. The van der Waals surface area contributed by atoms with Gasteiger partial charge in [0.05, 0.1) is 11.6 Å². The molecule has 0 saturated carbocycles. The summed E-state index contributed by atoms with van der Waals surface area (Å²) in [7, 11) is 0. The molecule has 0 radical (unpaired) electrons. The minimum atomic E-state index is -0.337. The summed E-state index contributed by atoms with van der Waals surface area (Å²) in [5.74, 6) is 0.822. The van der Waals surface area contributed by atoms with Gasteiger partial charge in [0.1, 0.15) is 11.0 Å². The van der Waals surface area contributed by atoms with E-state index in [9.17, 15) is 4.79 Å². The molecular weight excluding hydrogens is 316 g/mol. The van der Waals surface area contributed by atoms with Gasteiger partial charge >= 0.3 is 0 Å². The maximum Gasteiger partial charge on any atom is 0.253 e. The second-order valence-corrected chi connectivity index (χ2v) is 5.24. The Hall–Kier alpha value is -2.80. The summed E-state index contributed by atoms with van der Waals surface area (Å²) in [6.07, 6.45) is 4.78. The van der Waals surface area contributed by atoms with E-state index in [4.69, 9.17) is 11.6 Å². The molecule has 0 aromatic carbocycles. The Bertz CT molecular complexity index is 802. The second kappa shape index (κ2) is 6.53. The molecule has 1 unspecified atom stereocenters. The highest BCUT2D eigenvalue weighted by atomic mass is 35.5. The Balaban J connectivity index is 1.71. The number of rotatable bonds is 4. The van der Waals surface area contributed by atoms with Crippen LogP contribution in [0.3, 0.4) is 0 Å². The topological polar surface area (TPSA) is 96.5 Å². The molecule has 0 spiro atoms. The summed E-state index contributed by atoms with van der Waals surface area (Å²) in [5.41, 5.74) is 1.23. The zero-order chi connectivity index (χ0) is 16.2. The lowest BCUT2D eigenvalue weighted by Gasteiger charge is -2.10. The Kier molecular flexibility index (Phi) is 4.29. The van der Waals surface area contributed by atoms with Crippen LogP contribution in [0, 0.1) is 0 Å². The van der Waals surface area contributed by atoms with Crippen molar-refractivity contribution in [2.24, 2.45) is 0 Å². The van der Waals surface area contributed by atoms with Crippen LogP contribution in [-0.4, -0.2) is 31.1 Å². The Morgan fingerprint density at radius 3 is 2.87 bits per heavy atom. The molecule has 1 atom stereocenters. The molecule has 0 bridgehead atoms. The van der Waals surface area contributed by atoms with Gasteiger partial charge in [0.15, 0.2) is 5.82 Å². The van der Waals surface area contributed by atoms with E-state index in [1.807, 2.05) is 19.1 Å². The number of carbonyl (C=O) groups is 1. The highest BCUT2D eigenvalue weighted by molar-refractivity contribution is 6.29. The predicted octanol–water partition coefficient (Wildman–Crippen LogP) is 2.41. The number of hydrogen-bond acceptors (Lipinski definition) is 5. The van der Waals surface area contributed by atoms with Gasteiger partial charge in [-0.2, -0.15) is 5.10 Å². The molecule has 3 aromatic rings. The van der Waals surface area contributed by atoms with Crippen LogP contribution < -0.4 is 5.32 Å². The molecule has 116 valence electrons. The van der Waals surface area contributed by atoms with Crippen molar-refractivity contribution >= 4 is 17.5 Å². The van der Waals surface area contributed by atoms with Crippen molar-refractivity contribution < 1.29 is 4.79 Å². The fourth-order valence-electron chi connectivity index (χ4n) is 1.95. The zero-order valence-electron chi connectivity index (χ0n) is 12.2. The number of hydrogen-bond donors (Lipinski definition) is 2. The number of amides is 1. The van der Waals surface area contributed by atoms with Crippen molar-refractivity contribution in [3.8, 4) is 11.4 Å². The third-order valence-electron chi connectivity index (χ3n) is 3.17. The number of H-pyrrole nitrogens is 1. The molecule has 2 N–H and O–H groups in total. The average molecular weight is 329 g/mol. The number of aromatic nitrogens is 5. The van der Waals surface area contributed by atoms with Crippen LogP contribution in [0.5, 0.6) is 0 Å². The van der Waals surface area contributed by atoms with E-state index in [1.165, 1.54) is 6.20 Å². The van der Waals surface area contributed by atoms with Gasteiger partial charge in [0, 0.05) is 24.2 Å². The van der Waals surface area contributed by atoms with Crippen LogP contribution in [0.25, 0.3) is 11.4 Å². The van der Waals surface area contributed by atoms with Crippen molar-refractivity contribution in [1.29, 1.82) is 0 Å². The lowest BCUT2D eigenvalue weighted by Crippen LogP contribution is -2.27. The summed E-state index contributed by atoms with van der Waals surface area (Å²) in [6, 6.07) is 6.51. The van der Waals surface area contributed by atoms with Gasteiger partial charge < -0.3 is 5.32 Å². The Morgan fingerprint density at radius 1 is 1.30 bits per heavy atom. The van der Waals surface area contributed by atoms with Crippen LogP contribution in [0.1, 0.15) is 29.1 Å². The van der Waals surface area contributed by atoms with Crippen molar-refractivity contribution in [1.82, 2.24) is 30.5 Å². The molecule has 3 rings (SSSR count). The maximum absolute atomic E-state index is 12.2. The summed E-state index contributed by atoms with van der Waals surface area (Å²) >= 11 is 5.71. The highest BCUT2D eigenvalue weighted by Crippen LogP contribution is 2.15. The molecule has 0 aliphatic carbocycles. The van der Waals surface area contributed by atoms with Gasteiger partial charge in [-0.3, -0.25) is 14.9 Å². The van der Waals surface area contributed by atoms with Crippen LogP contribution in [0.4, 0.5) is 0 Å². The van der Waals surface area contributed by atoms with E-state index in [1.54, 1.807) is 24.5 Å². The quantitative estimate of drug-likeness (QED) is 0.717. The van der Waals surface area contributed by atoms with Gasteiger partial charge in [0.2, 0.25) is 0 Å². The predicted molar refractivity (Wildman–Crippen MR) is 84.7 cm³/mol. The molecule has 3 aromatic heterocycles. The van der Waals surface area contributed by atoms with Crippen molar-refractivity contribution in [3.63, 3.8) is 0 Å². The second-order valence-electron chi connectivity index (χ2n) is 4.85. The SMILES string of the molecule is CC(NC(=O)c1ccc(Cl)nc1)c1nc(-c2cccnc2)n[nH]1. The largest absolute Gasteiger partial charge is 0.342 e. The molecule has 1 amide bonds. The van der Waals surface area contributed by atoms with Gasteiger partial charge in [-0.15, -0.1) is 0 Å². The van der Waals surface area contributed by atoms with Gasteiger partial charge in [-0.1, -0.05) is 11.6 Å². The van der Waals surface area contributed by atoms with Crippen molar-refractivity contribution in [2.45, 2.75) is 13.0 Å². The van der Waals surface area contributed by atoms with Crippen molar-refractivity contribution in [2.75, 3.05) is 0 Å². The average Bonchev–Trinajstić information content (AvgIpc) is 3.06. The molecule has 7 nitrogen and oxygen atoms in total. The Labute approximate surface area is 137 Å². The van der Waals surface area contributed by atoms with Crippen LogP contribution >= 0.6 is 11.6 Å². The van der Waals surface area contributed by atoms with E-state index in [2.05, 4.69) is 30.5 Å². The first-order valence-corrected chi connectivity index (χ1v) is 7.26. The Morgan fingerprint density at radius 2 is 2.17 bits per heavy atom. The molecule has 0 aliphatic heterocycles. The first-order chi connectivity index (χ1) is 11.1. The van der Waals surface area contributed by atoms with E-state index in [-0.39, 0.29) is 11.9 Å². The fraction of sp³-hybridized carbons (Fsp3) is 0.133. The number of pyridine rings is 2. The monoisotopic (exact) mass is 328 g/mol. The molecule has 8 heteroatoms. The van der Waals surface area contributed by atoms with E-state index in [0.717, 1.165) is 5.56 Å². The van der Waals surface area contributed by atoms with E-state index in [0.29, 0.717) is 22.4 Å². The molecule has 3 heterocycles. The van der Waals surface area contributed by atoms with Crippen LogP contribution in [0.2, 0.25) is 5.15 Å². The van der Waals surface area contributed by atoms with Gasteiger partial charge in [-0.05, 0) is 31.2 Å². The smallest absolute Gasteiger partial charge is 0.253 e. The minimum absolute atomic E-state index is 0.263. The molecule has 0 aliphatic rings. The summed E-state index contributed by atoms with van der Waals surface area (Å²) in [4.78, 5) is 24.4. The van der Waals surface area contributed by atoms with Gasteiger partial charge in [0.25, 0.3) is 5.91 Å². The highest BCUT2D eigenvalue weighted by Gasteiger charge is 2.16. The summed E-state index contributed by atoms with van der Waals surface area (Å²) < 4.78 is 0. The number of halogens is 1. The molecule has 0 saturated heterocycles. The number of nitrogens with one attached hydrogen (secondary N) is 2. The third-order valence-corrected chi connectivity index (χ3v) is 3.39. The lowest BCUT2D eigenvalue weighted by atomic mass is 10.2. The van der Waals surface area contributed by atoms with Crippen molar-refractivity contribution in [3.05, 3.63) is 59.4 Å². The first-order valence-electron chi connectivity index (χ1n) is 6.88. The number of carbonyl (C=O) groups excluding carboxylic acids is 1.